The molecule has 0 atom stereocenters. The molecule has 0 spiro atoms. The minimum Gasteiger partial charge on any atom is -0.271 e. The quantitative estimate of drug-likeness (QED) is 0.777. The average molecular weight is 262 g/mol. The lowest BCUT2D eigenvalue weighted by atomic mass is 10.3. The number of hydrogen-bond acceptors (Lipinski definition) is 3. The standard InChI is InChI=1S/C8H8BrNO2S/c9-7-5-13-4-6(7)8(11)10-2-1-3-12-10/h4-5H,1-3H2. The van der Waals surface area contributed by atoms with Crippen molar-refractivity contribution in [2.24, 2.45) is 0 Å². The third kappa shape index (κ3) is 1.77. The van der Waals surface area contributed by atoms with Gasteiger partial charge < -0.3 is 0 Å². The highest BCUT2D eigenvalue weighted by Crippen LogP contribution is 2.23. The van der Waals surface area contributed by atoms with Crippen LogP contribution in [0.1, 0.15) is 16.8 Å². The molecular weight excluding hydrogens is 254 g/mol. The van der Waals surface area contributed by atoms with E-state index >= 15 is 0 Å². The number of nitrogens with zero attached hydrogens (tertiary/aromatic N) is 1. The number of carbonyl (C=O) groups is 1. The maximum atomic E-state index is 11.7. The zero-order chi connectivity index (χ0) is 9.26. The van der Waals surface area contributed by atoms with Gasteiger partial charge in [-0.3, -0.25) is 9.63 Å². The molecule has 0 N–H and O–H groups in total. The molecule has 0 radical (unpaired) electrons. The van der Waals surface area contributed by atoms with Gasteiger partial charge in [0.05, 0.1) is 18.7 Å². The van der Waals surface area contributed by atoms with Crippen molar-refractivity contribution in [1.29, 1.82) is 0 Å². The van der Waals surface area contributed by atoms with Crippen LogP contribution in [0.3, 0.4) is 0 Å². The minimum atomic E-state index is -0.0503. The smallest absolute Gasteiger partial charge is 0.271 e. The molecule has 0 aromatic carbocycles. The first-order valence-corrected chi connectivity index (χ1v) is 5.69. The van der Waals surface area contributed by atoms with Crippen LogP contribution in [-0.2, 0) is 4.84 Å². The van der Waals surface area contributed by atoms with Crippen molar-refractivity contribution in [3.05, 3.63) is 20.8 Å². The van der Waals surface area contributed by atoms with Crippen molar-refractivity contribution in [2.75, 3.05) is 13.2 Å². The first-order valence-electron chi connectivity index (χ1n) is 3.95. The van der Waals surface area contributed by atoms with Crippen molar-refractivity contribution >= 4 is 33.2 Å². The van der Waals surface area contributed by atoms with Crippen LogP contribution in [0.2, 0.25) is 0 Å². The van der Waals surface area contributed by atoms with Gasteiger partial charge in [-0.15, -0.1) is 0 Å². The Balaban J connectivity index is 2.17. The van der Waals surface area contributed by atoms with Crippen molar-refractivity contribution < 1.29 is 9.63 Å². The molecule has 3 nitrogen and oxygen atoms in total. The molecule has 0 unspecified atom stereocenters. The summed E-state index contributed by atoms with van der Waals surface area (Å²) in [5.74, 6) is -0.0503. The highest BCUT2D eigenvalue weighted by molar-refractivity contribution is 9.10. The molecule has 1 saturated heterocycles. The van der Waals surface area contributed by atoms with Crippen LogP contribution in [0.15, 0.2) is 15.2 Å². The Labute approximate surface area is 88.4 Å². The van der Waals surface area contributed by atoms with Crippen molar-refractivity contribution in [3.63, 3.8) is 0 Å². The Morgan fingerprint density at radius 3 is 3.00 bits per heavy atom. The van der Waals surface area contributed by atoms with E-state index in [9.17, 15) is 4.79 Å². The molecule has 1 aromatic rings. The molecule has 5 heteroatoms. The first-order chi connectivity index (χ1) is 6.29. The summed E-state index contributed by atoms with van der Waals surface area (Å²) in [5, 5.41) is 5.14. The van der Waals surface area contributed by atoms with E-state index in [1.54, 1.807) is 0 Å². The SMILES string of the molecule is O=C(c1cscc1Br)N1CCCO1. The highest BCUT2D eigenvalue weighted by Gasteiger charge is 2.22. The number of amides is 1. The Morgan fingerprint density at radius 2 is 2.46 bits per heavy atom. The van der Waals surface area contributed by atoms with Crippen molar-refractivity contribution in [2.45, 2.75) is 6.42 Å². The highest BCUT2D eigenvalue weighted by atomic mass is 79.9. The predicted molar refractivity (Wildman–Crippen MR) is 53.6 cm³/mol. The molecule has 0 saturated carbocycles. The monoisotopic (exact) mass is 261 g/mol. The summed E-state index contributed by atoms with van der Waals surface area (Å²) in [6.45, 7) is 1.34. The summed E-state index contributed by atoms with van der Waals surface area (Å²) in [5.41, 5.74) is 0.687. The zero-order valence-electron chi connectivity index (χ0n) is 6.83. The van der Waals surface area contributed by atoms with E-state index in [0.717, 1.165) is 10.9 Å². The number of carbonyl (C=O) groups excluding carboxylic acids is 1. The van der Waals surface area contributed by atoms with Crippen molar-refractivity contribution in [3.8, 4) is 0 Å². The summed E-state index contributed by atoms with van der Waals surface area (Å²) in [7, 11) is 0. The Bertz CT molecular complexity index is 320. The van der Waals surface area contributed by atoms with Crippen LogP contribution in [0.25, 0.3) is 0 Å². The van der Waals surface area contributed by atoms with E-state index in [0.29, 0.717) is 18.7 Å². The molecular formula is C8H8BrNO2S. The van der Waals surface area contributed by atoms with Gasteiger partial charge in [0.15, 0.2) is 0 Å². The van der Waals surface area contributed by atoms with Crippen LogP contribution < -0.4 is 0 Å². The molecule has 1 aromatic heterocycles. The first kappa shape index (κ1) is 9.18. The number of hydrogen-bond donors (Lipinski definition) is 0. The number of hydroxylamine groups is 2. The number of thiophene rings is 1. The van der Waals surface area contributed by atoms with E-state index in [1.807, 2.05) is 10.8 Å². The molecule has 2 rings (SSSR count). The maximum Gasteiger partial charge on any atom is 0.279 e. The zero-order valence-corrected chi connectivity index (χ0v) is 9.23. The normalized spacial score (nSPS) is 16.5. The van der Waals surface area contributed by atoms with Gasteiger partial charge in [-0.2, -0.15) is 11.3 Å². The van der Waals surface area contributed by atoms with Crippen LogP contribution in [0, 0.1) is 0 Å². The second-order valence-electron chi connectivity index (χ2n) is 2.73. The molecule has 0 aliphatic carbocycles. The fraction of sp³-hybridized carbons (Fsp3) is 0.375. The van der Waals surface area contributed by atoms with E-state index < -0.39 is 0 Å². The minimum absolute atomic E-state index is 0.0503. The Kier molecular flexibility index (Phi) is 2.66. The van der Waals surface area contributed by atoms with Gasteiger partial charge in [0.25, 0.3) is 5.91 Å². The average Bonchev–Trinajstić information content (AvgIpc) is 2.72. The van der Waals surface area contributed by atoms with Crippen molar-refractivity contribution in [1.82, 2.24) is 5.06 Å². The third-order valence-corrected chi connectivity index (χ3v) is 3.53. The third-order valence-electron chi connectivity index (χ3n) is 1.82. The number of rotatable bonds is 1. The van der Waals surface area contributed by atoms with Gasteiger partial charge in [0.2, 0.25) is 0 Å². The van der Waals surface area contributed by atoms with Gasteiger partial charge in [-0.1, -0.05) is 0 Å². The number of halogens is 1. The lowest BCUT2D eigenvalue weighted by Crippen LogP contribution is -2.26. The Morgan fingerprint density at radius 1 is 1.62 bits per heavy atom. The van der Waals surface area contributed by atoms with Gasteiger partial charge in [0.1, 0.15) is 0 Å². The van der Waals surface area contributed by atoms with E-state index in [2.05, 4.69) is 15.9 Å². The van der Waals surface area contributed by atoms with Gasteiger partial charge in [-0.25, -0.2) is 5.06 Å². The topological polar surface area (TPSA) is 29.5 Å². The molecule has 2 heterocycles. The molecule has 70 valence electrons. The molecule has 0 bridgehead atoms. The van der Waals surface area contributed by atoms with Gasteiger partial charge in [0, 0.05) is 15.2 Å². The van der Waals surface area contributed by atoms with Gasteiger partial charge in [-0.05, 0) is 22.4 Å². The van der Waals surface area contributed by atoms with Gasteiger partial charge >= 0.3 is 0 Å². The van der Waals surface area contributed by atoms with E-state index in [-0.39, 0.29) is 5.91 Å². The second-order valence-corrected chi connectivity index (χ2v) is 4.33. The lowest BCUT2D eigenvalue weighted by Gasteiger charge is -2.12. The largest absolute Gasteiger partial charge is 0.279 e. The fourth-order valence-electron chi connectivity index (χ4n) is 1.18. The molecule has 13 heavy (non-hydrogen) atoms. The van der Waals surface area contributed by atoms with Crippen LogP contribution >= 0.6 is 27.3 Å². The summed E-state index contributed by atoms with van der Waals surface area (Å²) in [4.78, 5) is 16.9. The van der Waals surface area contributed by atoms with Crippen LogP contribution in [0.4, 0.5) is 0 Å². The molecule has 1 aliphatic rings. The maximum absolute atomic E-state index is 11.7. The van der Waals surface area contributed by atoms with E-state index in [4.69, 9.17) is 4.84 Å². The molecule has 1 amide bonds. The molecule has 1 aliphatic heterocycles. The summed E-state index contributed by atoms with van der Waals surface area (Å²) in [6.07, 6.45) is 0.924. The second kappa shape index (κ2) is 3.77. The molecule has 1 fully saturated rings. The Hall–Kier alpha value is -0.390. The fourth-order valence-corrected chi connectivity index (χ4v) is 2.61. The van der Waals surface area contributed by atoms with E-state index in [1.165, 1.54) is 16.4 Å². The van der Waals surface area contributed by atoms with Crippen LogP contribution in [-0.4, -0.2) is 24.1 Å². The lowest BCUT2D eigenvalue weighted by molar-refractivity contribution is -0.0768. The summed E-state index contributed by atoms with van der Waals surface area (Å²) < 4.78 is 0.845. The summed E-state index contributed by atoms with van der Waals surface area (Å²) >= 11 is 4.82. The predicted octanol–water partition coefficient (Wildman–Crippen LogP) is 2.29. The van der Waals surface area contributed by atoms with Crippen LogP contribution in [0.5, 0.6) is 0 Å². The summed E-state index contributed by atoms with van der Waals surface area (Å²) in [6, 6.07) is 0.